The van der Waals surface area contributed by atoms with E-state index in [4.69, 9.17) is 15.0 Å². The van der Waals surface area contributed by atoms with Crippen molar-refractivity contribution in [3.8, 4) is 0 Å². The Bertz CT molecular complexity index is 3130. The summed E-state index contributed by atoms with van der Waals surface area (Å²) in [7, 11) is 0. The molecule has 0 saturated heterocycles. The second-order valence-electron chi connectivity index (χ2n) is 16.4. The van der Waals surface area contributed by atoms with Gasteiger partial charge in [0.25, 0.3) is 0 Å². The molecule has 3 unspecified atom stereocenters. The fourth-order valence-corrected chi connectivity index (χ4v) is 10.2. The molecule has 3 heteroatoms. The smallest absolute Gasteiger partial charge is 0.103 e. The molecule has 1 aromatic heterocycles. The number of hydrogen-bond donors (Lipinski definition) is 0. The Hall–Kier alpha value is -6.71. The highest BCUT2D eigenvalue weighted by Gasteiger charge is 2.32. The van der Waals surface area contributed by atoms with Gasteiger partial charge in [0.2, 0.25) is 0 Å². The fourth-order valence-electron chi connectivity index (χ4n) is 10.2. The zero-order valence-corrected chi connectivity index (χ0v) is 32.3. The average Bonchev–Trinajstić information content (AvgIpc) is 3.30. The van der Waals surface area contributed by atoms with Crippen molar-refractivity contribution in [2.75, 3.05) is 0 Å². The highest BCUT2D eigenvalue weighted by Crippen LogP contribution is 2.43. The molecule has 0 amide bonds. The van der Waals surface area contributed by atoms with E-state index in [1.54, 1.807) is 0 Å². The lowest BCUT2D eigenvalue weighted by atomic mass is 9.80. The van der Waals surface area contributed by atoms with E-state index in [0.29, 0.717) is 0 Å². The zero-order chi connectivity index (χ0) is 38.2. The van der Waals surface area contributed by atoms with Crippen LogP contribution in [0.5, 0.6) is 0 Å². The number of dihydropyridines is 1. The van der Waals surface area contributed by atoms with E-state index in [0.717, 1.165) is 54.6 Å². The summed E-state index contributed by atoms with van der Waals surface area (Å²) < 4.78 is 0. The lowest BCUT2D eigenvalue weighted by Gasteiger charge is -2.31. The van der Waals surface area contributed by atoms with Gasteiger partial charge in [-0.1, -0.05) is 152 Å². The van der Waals surface area contributed by atoms with Gasteiger partial charge in [0.15, 0.2) is 0 Å². The quantitative estimate of drug-likeness (QED) is 0.165. The third-order valence-electron chi connectivity index (χ3n) is 13.1. The summed E-state index contributed by atoms with van der Waals surface area (Å²) in [6.07, 6.45) is 23.6. The van der Waals surface area contributed by atoms with Crippen LogP contribution in [0, 0.1) is 5.92 Å². The van der Waals surface area contributed by atoms with Gasteiger partial charge in [-0.05, 0) is 105 Å². The summed E-state index contributed by atoms with van der Waals surface area (Å²) in [5.74, 6) is 0.432. The van der Waals surface area contributed by atoms with Gasteiger partial charge in [0.1, 0.15) is 6.04 Å². The molecule has 6 aromatic carbocycles. The Labute approximate surface area is 338 Å². The standard InChI is InChI=1S/C55H41N3/c1-2-10-36(11-3-1)49-29-25-37-19-20-38-26-30-50(57-55(38)54(37)56-49)42-24-27-44-41(32-42)22-18-35-17-21-40(33-48(35)44)39-12-8-13-43(31-39)53-47-28-23-34-9-4-5-14-45(34)52(47)46-15-6-7-16-51(46)58-53/h1-16,18-20,22-24,26-28,30,32-33,38,43,55H,17,21,25,29,31H2. The number of aryl methyl sites for hydroxylation is 1. The first kappa shape index (κ1) is 33.4. The van der Waals surface area contributed by atoms with Gasteiger partial charge in [-0.2, -0.15) is 0 Å². The maximum absolute atomic E-state index is 5.42. The number of fused-ring (bicyclic) bond motifs is 10. The second-order valence-corrected chi connectivity index (χ2v) is 16.4. The Morgan fingerprint density at radius 1 is 0.586 bits per heavy atom. The normalized spacial score (nSPS) is 21.1. The first-order valence-corrected chi connectivity index (χ1v) is 20.9. The zero-order valence-electron chi connectivity index (χ0n) is 32.3. The second kappa shape index (κ2) is 13.5. The monoisotopic (exact) mass is 743 g/mol. The molecule has 12 rings (SSSR count). The van der Waals surface area contributed by atoms with E-state index in [9.17, 15) is 0 Å². The molecule has 3 atom stereocenters. The number of aromatic nitrogens is 1. The Morgan fingerprint density at radius 2 is 1.41 bits per heavy atom. The molecule has 7 aromatic rings. The number of rotatable bonds is 4. The van der Waals surface area contributed by atoms with E-state index in [-0.39, 0.29) is 17.9 Å². The summed E-state index contributed by atoms with van der Waals surface area (Å²) >= 11 is 0. The number of benzene rings is 6. The predicted molar refractivity (Wildman–Crippen MR) is 243 cm³/mol. The summed E-state index contributed by atoms with van der Waals surface area (Å²) in [6, 6.07) is 44.2. The maximum Gasteiger partial charge on any atom is 0.103 e. The van der Waals surface area contributed by atoms with Gasteiger partial charge in [0, 0.05) is 39.3 Å². The molecule has 0 bridgehead atoms. The number of nitrogens with zero attached hydrogens (tertiary/aromatic N) is 3. The third-order valence-corrected chi connectivity index (χ3v) is 13.1. The summed E-state index contributed by atoms with van der Waals surface area (Å²) in [5, 5.41) is 8.92. The van der Waals surface area contributed by atoms with Crippen LogP contribution < -0.4 is 0 Å². The first-order valence-electron chi connectivity index (χ1n) is 20.9. The molecule has 5 aliphatic rings. The lowest BCUT2D eigenvalue weighted by molar-refractivity contribution is 0.623. The van der Waals surface area contributed by atoms with Gasteiger partial charge in [-0.3, -0.25) is 15.0 Å². The molecule has 0 radical (unpaired) electrons. The van der Waals surface area contributed by atoms with Crippen LogP contribution in [0.2, 0.25) is 0 Å². The minimum Gasteiger partial charge on any atom is -0.274 e. The molecule has 58 heavy (non-hydrogen) atoms. The van der Waals surface area contributed by atoms with Gasteiger partial charge < -0.3 is 0 Å². The molecule has 3 aliphatic carbocycles. The van der Waals surface area contributed by atoms with Crippen molar-refractivity contribution in [2.45, 2.75) is 44.1 Å². The number of aliphatic imine (C=N–C) groups is 2. The minimum absolute atomic E-state index is 0.00696. The van der Waals surface area contributed by atoms with Crippen molar-refractivity contribution < 1.29 is 0 Å². The lowest BCUT2D eigenvalue weighted by Crippen LogP contribution is -2.28. The highest BCUT2D eigenvalue weighted by molar-refractivity contribution is 6.20. The fraction of sp³-hybridized carbons (Fsp3) is 0.145. The first-order chi connectivity index (χ1) is 28.7. The number of para-hydroxylation sites is 1. The van der Waals surface area contributed by atoms with Crippen LogP contribution in [-0.4, -0.2) is 22.4 Å². The van der Waals surface area contributed by atoms with Crippen LogP contribution in [-0.2, 0) is 6.42 Å². The SMILES string of the molecule is C1=CC(c2nc3ccccc3c3c2ccc2ccccc23)CC(C2=Cc3c(ccc4cc(C5=NC6C7=C(C=CC6C=C5)CCC(c5ccccc5)=N7)ccc34)CC2)=C1. The van der Waals surface area contributed by atoms with Crippen molar-refractivity contribution in [2.24, 2.45) is 15.9 Å². The molecule has 2 aliphatic heterocycles. The van der Waals surface area contributed by atoms with Crippen LogP contribution in [0.3, 0.4) is 0 Å². The summed E-state index contributed by atoms with van der Waals surface area (Å²) in [6.45, 7) is 0. The van der Waals surface area contributed by atoms with E-state index in [2.05, 4.69) is 170 Å². The van der Waals surface area contributed by atoms with Crippen LogP contribution in [0.4, 0.5) is 0 Å². The minimum atomic E-state index is 0.00696. The van der Waals surface area contributed by atoms with Crippen molar-refractivity contribution in [1.82, 2.24) is 4.98 Å². The molecule has 3 nitrogen and oxygen atoms in total. The summed E-state index contributed by atoms with van der Waals surface area (Å²) in [4.78, 5) is 16.1. The number of allylic oxidation sites excluding steroid dienone is 8. The number of pyridine rings is 1. The van der Waals surface area contributed by atoms with Crippen LogP contribution in [0.25, 0.3) is 49.3 Å². The molecule has 0 spiro atoms. The third kappa shape index (κ3) is 5.52. The predicted octanol–water partition coefficient (Wildman–Crippen LogP) is 13.1. The van der Waals surface area contributed by atoms with Gasteiger partial charge in [0.05, 0.1) is 22.6 Å². The molecule has 0 N–H and O–H groups in total. The highest BCUT2D eigenvalue weighted by atomic mass is 14.9. The molecular formula is C55H41N3. The molecule has 0 saturated carbocycles. The van der Waals surface area contributed by atoms with Crippen molar-refractivity contribution >= 4 is 60.7 Å². The van der Waals surface area contributed by atoms with E-state index in [1.807, 2.05) is 0 Å². The molecule has 276 valence electrons. The van der Waals surface area contributed by atoms with Crippen molar-refractivity contribution in [3.63, 3.8) is 0 Å². The maximum atomic E-state index is 5.42. The Kier molecular flexibility index (Phi) is 7.76. The average molecular weight is 744 g/mol. The summed E-state index contributed by atoms with van der Waals surface area (Å²) in [5.41, 5.74) is 14.9. The molecule has 0 fully saturated rings. The van der Waals surface area contributed by atoms with Gasteiger partial charge in [-0.25, -0.2) is 0 Å². The topological polar surface area (TPSA) is 37.6 Å². The van der Waals surface area contributed by atoms with E-state index < -0.39 is 0 Å². The Morgan fingerprint density at radius 3 is 2.36 bits per heavy atom. The van der Waals surface area contributed by atoms with Crippen molar-refractivity contribution in [1.29, 1.82) is 0 Å². The van der Waals surface area contributed by atoms with E-state index >= 15 is 0 Å². The largest absolute Gasteiger partial charge is 0.274 e. The van der Waals surface area contributed by atoms with Crippen LogP contribution in [0.1, 0.15) is 59.5 Å². The molecular weight excluding hydrogens is 703 g/mol. The van der Waals surface area contributed by atoms with Crippen LogP contribution >= 0.6 is 0 Å². The Balaban J connectivity index is 0.865. The molecule has 3 heterocycles. The van der Waals surface area contributed by atoms with E-state index in [1.165, 1.54) is 82.5 Å². The van der Waals surface area contributed by atoms with Crippen molar-refractivity contribution in [3.05, 3.63) is 214 Å². The number of hydrogen-bond acceptors (Lipinski definition) is 3. The van der Waals surface area contributed by atoms with Crippen LogP contribution in [0.15, 0.2) is 196 Å². The van der Waals surface area contributed by atoms with Gasteiger partial charge in [-0.15, -0.1) is 0 Å². The van der Waals surface area contributed by atoms with Gasteiger partial charge >= 0.3 is 0 Å².